The van der Waals surface area contributed by atoms with E-state index in [-0.39, 0.29) is 13.2 Å². The highest BCUT2D eigenvalue weighted by Crippen LogP contribution is 1.76. The second kappa shape index (κ2) is 13.2. The molecule has 74 valence electrons. The minimum absolute atomic E-state index is 0.163. The molecule has 4 heteroatoms. The average molecular weight is 177 g/mol. The van der Waals surface area contributed by atoms with E-state index < -0.39 is 0 Å². The Labute approximate surface area is 73.8 Å². The molecule has 0 aromatic heterocycles. The lowest BCUT2D eigenvalue weighted by Crippen LogP contribution is -2.25. The van der Waals surface area contributed by atoms with E-state index in [4.69, 9.17) is 10.2 Å². The first kappa shape index (κ1) is 14.1. The summed E-state index contributed by atoms with van der Waals surface area (Å²) in [5.74, 6) is 0. The van der Waals surface area contributed by atoms with Crippen molar-refractivity contribution in [2.45, 2.75) is 13.3 Å². The van der Waals surface area contributed by atoms with Crippen molar-refractivity contribution in [3.05, 3.63) is 0 Å². The third-order valence-electron chi connectivity index (χ3n) is 1.13. The summed E-state index contributed by atoms with van der Waals surface area (Å²) in [6, 6.07) is 0. The quantitative estimate of drug-likeness (QED) is 0.556. The van der Waals surface area contributed by atoms with Gasteiger partial charge in [0, 0.05) is 19.5 Å². The molecule has 0 fully saturated rings. The van der Waals surface area contributed by atoms with Crippen LogP contribution in [0.5, 0.6) is 0 Å². The summed E-state index contributed by atoms with van der Waals surface area (Å²) in [7, 11) is 1.85. The number of carbonyl (C=O) groups is 1. The van der Waals surface area contributed by atoms with Gasteiger partial charge in [0.05, 0.1) is 13.2 Å². The molecule has 0 bridgehead atoms. The van der Waals surface area contributed by atoms with Gasteiger partial charge in [-0.3, -0.25) is 0 Å². The highest BCUT2D eigenvalue weighted by molar-refractivity contribution is 5.48. The van der Waals surface area contributed by atoms with Crippen LogP contribution in [0.1, 0.15) is 13.3 Å². The van der Waals surface area contributed by atoms with Gasteiger partial charge in [0.15, 0.2) is 0 Å². The molecule has 0 atom stereocenters. The van der Waals surface area contributed by atoms with Gasteiger partial charge in [0.2, 0.25) is 0 Å². The summed E-state index contributed by atoms with van der Waals surface area (Å²) in [4.78, 5) is 11.0. The number of aldehydes is 1. The maximum atomic E-state index is 9.17. The number of aliphatic hydroxyl groups is 2. The van der Waals surface area contributed by atoms with E-state index in [2.05, 4.69) is 0 Å². The number of carbonyl (C=O) groups excluding carboxylic acids is 1. The van der Waals surface area contributed by atoms with Crippen molar-refractivity contribution in [3.8, 4) is 0 Å². The first-order valence-corrected chi connectivity index (χ1v) is 4.06. The molecule has 0 heterocycles. The maximum Gasteiger partial charge on any atom is 0.119 e. The molecule has 4 nitrogen and oxygen atoms in total. The Bertz CT molecular complexity index is 82.4. The number of rotatable bonds is 5. The molecular weight excluding hydrogens is 158 g/mol. The molecule has 0 aliphatic rings. The summed E-state index contributed by atoms with van der Waals surface area (Å²) < 4.78 is 0. The second-order valence-corrected chi connectivity index (χ2v) is 2.33. The second-order valence-electron chi connectivity index (χ2n) is 2.33. The Morgan fingerprint density at radius 1 is 1.25 bits per heavy atom. The van der Waals surface area contributed by atoms with Crippen molar-refractivity contribution < 1.29 is 15.0 Å². The summed E-state index contributed by atoms with van der Waals surface area (Å²) in [5.41, 5.74) is 0. The minimum atomic E-state index is 0.163. The minimum Gasteiger partial charge on any atom is -0.395 e. The molecule has 12 heavy (non-hydrogen) atoms. The van der Waals surface area contributed by atoms with Crippen LogP contribution in [-0.4, -0.2) is 54.8 Å². The molecular formula is C8H19NO3. The average Bonchev–Trinajstić information content (AvgIpc) is 2.06. The van der Waals surface area contributed by atoms with E-state index in [1.165, 1.54) is 0 Å². The topological polar surface area (TPSA) is 60.8 Å². The van der Waals surface area contributed by atoms with Gasteiger partial charge >= 0.3 is 0 Å². The van der Waals surface area contributed by atoms with Crippen molar-refractivity contribution in [3.63, 3.8) is 0 Å². The van der Waals surface area contributed by atoms with Crippen LogP contribution in [0.15, 0.2) is 0 Å². The van der Waals surface area contributed by atoms with Gasteiger partial charge in [0.25, 0.3) is 0 Å². The van der Waals surface area contributed by atoms with Gasteiger partial charge in [-0.15, -0.1) is 0 Å². The third-order valence-corrected chi connectivity index (χ3v) is 1.13. The summed E-state index contributed by atoms with van der Waals surface area (Å²) >= 11 is 0. The van der Waals surface area contributed by atoms with Crippen LogP contribution in [0.3, 0.4) is 0 Å². The van der Waals surface area contributed by atoms with Crippen molar-refractivity contribution in [2.24, 2.45) is 0 Å². The number of hydrogen-bond donors (Lipinski definition) is 2. The van der Waals surface area contributed by atoms with E-state index >= 15 is 0 Å². The normalized spacial score (nSPS) is 9.08. The molecule has 0 saturated carbocycles. The molecule has 0 amide bonds. The van der Waals surface area contributed by atoms with Gasteiger partial charge < -0.3 is 19.9 Å². The van der Waals surface area contributed by atoms with E-state index in [1.54, 1.807) is 0 Å². The molecule has 0 aromatic rings. The third kappa shape index (κ3) is 16.3. The zero-order valence-electron chi connectivity index (χ0n) is 7.86. The van der Waals surface area contributed by atoms with Crippen LogP contribution < -0.4 is 0 Å². The molecule has 0 aliphatic heterocycles. The fourth-order valence-electron chi connectivity index (χ4n) is 0.453. The summed E-state index contributed by atoms with van der Waals surface area (Å²) in [5, 5.41) is 16.7. The van der Waals surface area contributed by atoms with Crippen LogP contribution in [0.25, 0.3) is 0 Å². The Kier molecular flexibility index (Phi) is 15.5. The Morgan fingerprint density at radius 2 is 1.58 bits per heavy atom. The van der Waals surface area contributed by atoms with E-state index in [9.17, 15) is 4.79 Å². The predicted octanol–water partition coefficient (Wildman–Crippen LogP) is -0.502. The zero-order valence-corrected chi connectivity index (χ0v) is 7.86. The highest BCUT2D eigenvalue weighted by atomic mass is 16.3. The van der Waals surface area contributed by atoms with Crippen LogP contribution >= 0.6 is 0 Å². The molecule has 2 N–H and O–H groups in total. The predicted molar refractivity (Wildman–Crippen MR) is 48.0 cm³/mol. The molecule has 0 unspecified atom stereocenters. The molecule has 0 aliphatic carbocycles. The number of nitrogens with zero attached hydrogens (tertiary/aromatic N) is 1. The lowest BCUT2D eigenvalue weighted by molar-refractivity contribution is -0.107. The van der Waals surface area contributed by atoms with Crippen molar-refractivity contribution in [2.75, 3.05) is 33.4 Å². The fraction of sp³-hybridized carbons (Fsp3) is 0.875. The molecule has 0 radical (unpaired) electrons. The van der Waals surface area contributed by atoms with Crippen LogP contribution in [0.4, 0.5) is 0 Å². The Balaban J connectivity index is 0. The lowest BCUT2D eigenvalue weighted by Gasteiger charge is -2.11. The molecule has 0 aromatic carbocycles. The first-order chi connectivity index (χ1) is 5.72. The van der Waals surface area contributed by atoms with Crippen molar-refractivity contribution >= 4 is 6.29 Å². The van der Waals surface area contributed by atoms with E-state index in [0.717, 1.165) is 6.29 Å². The summed E-state index contributed by atoms with van der Waals surface area (Å²) in [6.45, 7) is 3.42. The zero-order chi connectivity index (χ0) is 9.82. The fourth-order valence-corrected chi connectivity index (χ4v) is 0.453. The van der Waals surface area contributed by atoms with Gasteiger partial charge in [0.1, 0.15) is 6.29 Å². The highest BCUT2D eigenvalue weighted by Gasteiger charge is 1.91. The number of aliphatic hydroxyl groups excluding tert-OH is 2. The van der Waals surface area contributed by atoms with Crippen LogP contribution in [-0.2, 0) is 4.79 Å². The van der Waals surface area contributed by atoms with E-state index in [1.807, 2.05) is 18.9 Å². The maximum absolute atomic E-state index is 9.17. The standard InChI is InChI=1S/C5H13NO2.C3H6O/c1-6(2-4-7)3-5-8;1-2-3-4/h7-8H,2-5H2,1H3;3H,2H2,1H3. The SMILES string of the molecule is CCC=O.CN(CCO)CCO. The summed E-state index contributed by atoms with van der Waals surface area (Å²) in [6.07, 6.45) is 1.51. The van der Waals surface area contributed by atoms with Crippen molar-refractivity contribution in [1.29, 1.82) is 0 Å². The largest absolute Gasteiger partial charge is 0.395 e. The van der Waals surface area contributed by atoms with Gasteiger partial charge in [-0.1, -0.05) is 6.92 Å². The number of likely N-dealkylation sites (N-methyl/N-ethyl adjacent to an activating group) is 1. The van der Waals surface area contributed by atoms with E-state index in [0.29, 0.717) is 19.5 Å². The molecule has 0 rings (SSSR count). The Morgan fingerprint density at radius 3 is 1.75 bits per heavy atom. The van der Waals surface area contributed by atoms with Crippen molar-refractivity contribution in [1.82, 2.24) is 4.90 Å². The van der Waals surface area contributed by atoms with Crippen LogP contribution in [0, 0.1) is 0 Å². The molecule has 0 saturated heterocycles. The van der Waals surface area contributed by atoms with Gasteiger partial charge in [-0.2, -0.15) is 0 Å². The van der Waals surface area contributed by atoms with Gasteiger partial charge in [-0.05, 0) is 7.05 Å². The smallest absolute Gasteiger partial charge is 0.119 e. The number of hydrogen-bond acceptors (Lipinski definition) is 4. The van der Waals surface area contributed by atoms with Gasteiger partial charge in [-0.25, -0.2) is 0 Å². The monoisotopic (exact) mass is 177 g/mol. The lowest BCUT2D eigenvalue weighted by atomic mass is 10.5. The Hall–Kier alpha value is -0.450. The molecule has 0 spiro atoms. The van der Waals surface area contributed by atoms with Crippen LogP contribution in [0.2, 0.25) is 0 Å². The first-order valence-electron chi connectivity index (χ1n) is 4.06.